The zero-order valence-corrected chi connectivity index (χ0v) is 11.9. The van der Waals surface area contributed by atoms with Gasteiger partial charge in [0.1, 0.15) is 0 Å². The quantitative estimate of drug-likeness (QED) is 0.757. The number of nitrogens with one attached hydrogen (secondary N) is 1. The largest absolute Gasteiger partial charge is 0.319 e. The molecule has 0 aromatic rings. The maximum Gasteiger partial charge on any atom is 0.0113 e. The third-order valence-electron chi connectivity index (χ3n) is 3.25. The minimum absolute atomic E-state index is 0.336. The lowest BCUT2D eigenvalue weighted by molar-refractivity contribution is 0.0984. The van der Waals surface area contributed by atoms with Crippen molar-refractivity contribution in [2.24, 2.45) is 10.8 Å². The van der Waals surface area contributed by atoms with Crippen LogP contribution in [0.25, 0.3) is 0 Å². The third kappa shape index (κ3) is 5.53. The molecule has 0 aromatic carbocycles. The van der Waals surface area contributed by atoms with Crippen molar-refractivity contribution in [3.63, 3.8) is 0 Å². The highest BCUT2D eigenvalue weighted by Crippen LogP contribution is 2.25. The normalized spacial score (nSPS) is 15.8. The van der Waals surface area contributed by atoms with Crippen molar-refractivity contribution in [2.75, 3.05) is 27.2 Å². The molecule has 0 bridgehead atoms. The van der Waals surface area contributed by atoms with E-state index >= 15 is 0 Å². The summed E-state index contributed by atoms with van der Waals surface area (Å²) in [7, 11) is 4.25. The van der Waals surface area contributed by atoms with Crippen LogP contribution in [0, 0.1) is 10.8 Å². The van der Waals surface area contributed by atoms with Crippen LogP contribution >= 0.6 is 0 Å². The van der Waals surface area contributed by atoms with Gasteiger partial charge in [0, 0.05) is 19.1 Å². The van der Waals surface area contributed by atoms with Crippen LogP contribution < -0.4 is 5.32 Å². The summed E-state index contributed by atoms with van der Waals surface area (Å²) in [5.74, 6) is 0. The first kappa shape index (κ1) is 14.9. The molecule has 0 heterocycles. The second kappa shape index (κ2) is 5.31. The summed E-state index contributed by atoms with van der Waals surface area (Å²) in [6.07, 6.45) is 0. The molecule has 15 heavy (non-hydrogen) atoms. The lowest BCUT2D eigenvalue weighted by Gasteiger charge is -2.39. The highest BCUT2D eigenvalue weighted by atomic mass is 15.1. The molecular formula is C13H30N2. The molecule has 1 N–H and O–H groups in total. The van der Waals surface area contributed by atoms with Crippen LogP contribution in [0.3, 0.4) is 0 Å². The van der Waals surface area contributed by atoms with Gasteiger partial charge in [-0.05, 0) is 31.8 Å². The highest BCUT2D eigenvalue weighted by Gasteiger charge is 2.27. The van der Waals surface area contributed by atoms with Gasteiger partial charge in [-0.25, -0.2) is 0 Å². The first-order valence-electron chi connectivity index (χ1n) is 5.95. The Hall–Kier alpha value is -0.0800. The second-order valence-corrected chi connectivity index (χ2v) is 6.65. The van der Waals surface area contributed by atoms with Crippen molar-refractivity contribution in [2.45, 2.75) is 47.6 Å². The van der Waals surface area contributed by atoms with E-state index in [0.29, 0.717) is 16.9 Å². The Morgan fingerprint density at radius 1 is 1.13 bits per heavy atom. The summed E-state index contributed by atoms with van der Waals surface area (Å²) in [4.78, 5) is 2.47. The molecule has 0 saturated heterocycles. The summed E-state index contributed by atoms with van der Waals surface area (Å²) in [5.41, 5.74) is 0.688. The van der Waals surface area contributed by atoms with Gasteiger partial charge >= 0.3 is 0 Å². The van der Waals surface area contributed by atoms with Crippen molar-refractivity contribution >= 4 is 0 Å². The topological polar surface area (TPSA) is 15.3 Å². The van der Waals surface area contributed by atoms with E-state index in [0.717, 1.165) is 13.1 Å². The van der Waals surface area contributed by atoms with Crippen molar-refractivity contribution in [1.29, 1.82) is 0 Å². The van der Waals surface area contributed by atoms with Gasteiger partial charge in [0.05, 0.1) is 0 Å². The van der Waals surface area contributed by atoms with E-state index in [-0.39, 0.29) is 0 Å². The average molecular weight is 214 g/mol. The lowest BCUT2D eigenvalue weighted by atomic mass is 9.85. The van der Waals surface area contributed by atoms with Crippen LogP contribution in [0.5, 0.6) is 0 Å². The van der Waals surface area contributed by atoms with Gasteiger partial charge in [-0.15, -0.1) is 0 Å². The SMILES string of the molecule is CNCC(C)(C)CN(C)C(C)C(C)(C)C. The fourth-order valence-electron chi connectivity index (χ4n) is 2.01. The predicted octanol–water partition coefficient (Wildman–Crippen LogP) is 2.60. The molecule has 0 spiro atoms. The van der Waals surface area contributed by atoms with Gasteiger partial charge in [0.25, 0.3) is 0 Å². The Morgan fingerprint density at radius 2 is 1.60 bits per heavy atom. The predicted molar refractivity (Wildman–Crippen MR) is 69.3 cm³/mol. The van der Waals surface area contributed by atoms with Crippen molar-refractivity contribution in [3.05, 3.63) is 0 Å². The molecule has 0 amide bonds. The minimum Gasteiger partial charge on any atom is -0.319 e. The van der Waals surface area contributed by atoms with E-state index in [4.69, 9.17) is 0 Å². The van der Waals surface area contributed by atoms with E-state index in [1.807, 2.05) is 7.05 Å². The molecule has 2 nitrogen and oxygen atoms in total. The van der Waals surface area contributed by atoms with Crippen LogP contribution in [0.1, 0.15) is 41.5 Å². The van der Waals surface area contributed by atoms with E-state index in [1.165, 1.54) is 0 Å². The molecule has 1 atom stereocenters. The van der Waals surface area contributed by atoms with Crippen molar-refractivity contribution < 1.29 is 0 Å². The van der Waals surface area contributed by atoms with E-state index in [1.54, 1.807) is 0 Å². The molecule has 0 rings (SSSR count). The Morgan fingerprint density at radius 3 is 1.93 bits per heavy atom. The van der Waals surface area contributed by atoms with Gasteiger partial charge in [-0.2, -0.15) is 0 Å². The Labute approximate surface area is 96.4 Å². The Bertz CT molecular complexity index is 179. The van der Waals surface area contributed by atoms with Gasteiger partial charge in [-0.3, -0.25) is 0 Å². The summed E-state index contributed by atoms with van der Waals surface area (Å²) in [6, 6.07) is 0.605. The van der Waals surface area contributed by atoms with E-state index in [2.05, 4.69) is 58.8 Å². The molecule has 0 aromatic heterocycles. The maximum atomic E-state index is 3.26. The first-order valence-corrected chi connectivity index (χ1v) is 5.95. The zero-order valence-electron chi connectivity index (χ0n) is 11.9. The fraction of sp³-hybridized carbons (Fsp3) is 1.00. The van der Waals surface area contributed by atoms with Gasteiger partial charge in [0.15, 0.2) is 0 Å². The molecule has 0 aliphatic heterocycles. The average Bonchev–Trinajstić information content (AvgIpc) is 1.99. The number of nitrogens with zero attached hydrogens (tertiary/aromatic N) is 1. The molecule has 92 valence electrons. The number of hydrogen-bond acceptors (Lipinski definition) is 2. The van der Waals surface area contributed by atoms with Gasteiger partial charge < -0.3 is 10.2 Å². The second-order valence-electron chi connectivity index (χ2n) is 6.65. The molecule has 0 aliphatic rings. The monoisotopic (exact) mass is 214 g/mol. The minimum atomic E-state index is 0.336. The smallest absolute Gasteiger partial charge is 0.0113 e. The zero-order chi connectivity index (χ0) is 12.3. The lowest BCUT2D eigenvalue weighted by Crippen LogP contribution is -2.46. The third-order valence-corrected chi connectivity index (χ3v) is 3.25. The number of hydrogen-bond donors (Lipinski definition) is 1. The van der Waals surface area contributed by atoms with Gasteiger partial charge in [0.2, 0.25) is 0 Å². The highest BCUT2D eigenvalue weighted by molar-refractivity contribution is 4.82. The molecular weight excluding hydrogens is 184 g/mol. The van der Waals surface area contributed by atoms with Crippen LogP contribution in [0.2, 0.25) is 0 Å². The molecule has 0 fully saturated rings. The van der Waals surface area contributed by atoms with Gasteiger partial charge in [-0.1, -0.05) is 34.6 Å². The van der Waals surface area contributed by atoms with Crippen LogP contribution in [0.4, 0.5) is 0 Å². The first-order chi connectivity index (χ1) is 6.60. The Balaban J connectivity index is 4.30. The standard InChI is InChI=1S/C13H30N2/c1-11(12(2,3)4)15(8)10-13(5,6)9-14-7/h11,14H,9-10H2,1-8H3. The summed E-state index contributed by atoms with van der Waals surface area (Å²) >= 11 is 0. The Kier molecular flexibility index (Phi) is 5.28. The molecule has 1 unspecified atom stereocenters. The van der Waals surface area contributed by atoms with E-state index < -0.39 is 0 Å². The van der Waals surface area contributed by atoms with Crippen molar-refractivity contribution in [3.8, 4) is 0 Å². The van der Waals surface area contributed by atoms with Crippen LogP contribution in [-0.2, 0) is 0 Å². The molecule has 2 heteroatoms. The molecule has 0 aliphatic carbocycles. The molecule has 0 saturated carbocycles. The summed E-state index contributed by atoms with van der Waals surface area (Å²) in [5, 5.41) is 3.26. The maximum absolute atomic E-state index is 3.26. The molecule has 0 radical (unpaired) electrons. The van der Waals surface area contributed by atoms with Crippen LogP contribution in [0.15, 0.2) is 0 Å². The van der Waals surface area contributed by atoms with Crippen LogP contribution in [-0.4, -0.2) is 38.1 Å². The summed E-state index contributed by atoms with van der Waals surface area (Å²) in [6.45, 7) is 16.1. The fourth-order valence-corrected chi connectivity index (χ4v) is 2.01. The van der Waals surface area contributed by atoms with E-state index in [9.17, 15) is 0 Å². The number of rotatable bonds is 5. The summed E-state index contributed by atoms with van der Waals surface area (Å²) < 4.78 is 0. The van der Waals surface area contributed by atoms with Crippen molar-refractivity contribution in [1.82, 2.24) is 10.2 Å².